The molecule has 1 atom stereocenters. The number of hydrogen-bond donors (Lipinski definition) is 3. The number of sulfonamides is 1. The number of nitrogens with one attached hydrogen (secondary N) is 3. The summed E-state index contributed by atoms with van der Waals surface area (Å²) in [5.41, 5.74) is 2.47. The van der Waals surface area contributed by atoms with E-state index in [4.69, 9.17) is 17.0 Å². The summed E-state index contributed by atoms with van der Waals surface area (Å²) in [6.45, 7) is 1.34. The first-order chi connectivity index (χ1) is 9.58. The second kappa shape index (κ2) is 6.98. The molecule has 1 saturated heterocycles. The van der Waals surface area contributed by atoms with Crippen molar-refractivity contribution in [1.82, 2.24) is 15.6 Å². The zero-order chi connectivity index (χ0) is 14.4. The number of benzene rings is 1. The summed E-state index contributed by atoms with van der Waals surface area (Å²) >= 11 is 5.00. The molecule has 1 heterocycles. The summed E-state index contributed by atoms with van der Waals surface area (Å²) in [6.07, 6.45) is 2.18. The molecule has 0 aliphatic carbocycles. The van der Waals surface area contributed by atoms with Crippen molar-refractivity contribution in [2.45, 2.75) is 23.8 Å². The van der Waals surface area contributed by atoms with Crippen LogP contribution >= 0.6 is 12.2 Å². The molecule has 0 spiro atoms. The molecule has 1 aromatic carbocycles. The lowest BCUT2D eigenvalue weighted by Crippen LogP contribution is -2.48. The first-order valence-corrected chi connectivity index (χ1v) is 8.19. The fraction of sp³-hybridized carbons (Fsp3) is 0.417. The van der Waals surface area contributed by atoms with E-state index in [0.717, 1.165) is 19.4 Å². The minimum Gasteiger partial charge on any atom is -0.376 e. The molecular formula is C12H17N3O3S2. The smallest absolute Gasteiger partial charge is 0.257 e. The molecule has 0 saturated carbocycles. The Balaban J connectivity index is 1.77. The quantitative estimate of drug-likeness (QED) is 0.543. The number of ether oxygens (including phenoxy) is 1. The fourth-order valence-corrected chi connectivity index (χ4v) is 2.90. The zero-order valence-electron chi connectivity index (χ0n) is 10.8. The van der Waals surface area contributed by atoms with Gasteiger partial charge in [0.15, 0.2) is 5.11 Å². The van der Waals surface area contributed by atoms with Crippen molar-refractivity contribution in [3.63, 3.8) is 0 Å². The third-order valence-electron chi connectivity index (χ3n) is 2.87. The minimum atomic E-state index is -3.61. The standard InChI is InChI=1S/C12H17N3O3S2/c16-20(17,11-6-2-1-3-7-11)15-14-12(19)13-9-10-5-4-8-18-10/h1-3,6-7,10,15H,4-5,8-9H2,(H2,13,14,19). The largest absolute Gasteiger partial charge is 0.376 e. The number of hydrogen-bond acceptors (Lipinski definition) is 4. The van der Waals surface area contributed by atoms with Gasteiger partial charge in [0.2, 0.25) is 0 Å². The summed E-state index contributed by atoms with van der Waals surface area (Å²) in [5, 5.41) is 3.14. The van der Waals surface area contributed by atoms with Crippen LogP contribution in [0.25, 0.3) is 0 Å². The van der Waals surface area contributed by atoms with Gasteiger partial charge in [-0.25, -0.2) is 8.42 Å². The van der Waals surface area contributed by atoms with Crippen LogP contribution in [0.5, 0.6) is 0 Å². The molecule has 110 valence electrons. The second-order valence-corrected chi connectivity index (χ2v) is 6.48. The Morgan fingerprint density at radius 1 is 1.35 bits per heavy atom. The van der Waals surface area contributed by atoms with E-state index in [1.165, 1.54) is 12.1 Å². The van der Waals surface area contributed by atoms with Crippen molar-refractivity contribution in [3.8, 4) is 0 Å². The van der Waals surface area contributed by atoms with Crippen molar-refractivity contribution in [1.29, 1.82) is 0 Å². The van der Waals surface area contributed by atoms with E-state index in [1.54, 1.807) is 18.2 Å². The first-order valence-electron chi connectivity index (χ1n) is 6.30. The molecule has 20 heavy (non-hydrogen) atoms. The van der Waals surface area contributed by atoms with Crippen molar-refractivity contribution in [3.05, 3.63) is 30.3 Å². The van der Waals surface area contributed by atoms with Crippen molar-refractivity contribution in [2.75, 3.05) is 13.2 Å². The molecule has 0 amide bonds. The molecule has 1 aliphatic rings. The zero-order valence-corrected chi connectivity index (χ0v) is 12.5. The monoisotopic (exact) mass is 315 g/mol. The van der Waals surface area contributed by atoms with Gasteiger partial charge >= 0.3 is 0 Å². The Morgan fingerprint density at radius 2 is 2.10 bits per heavy atom. The number of thiocarbonyl (C=S) groups is 1. The molecule has 1 aliphatic heterocycles. The fourth-order valence-electron chi connectivity index (χ4n) is 1.83. The van der Waals surface area contributed by atoms with Gasteiger partial charge in [0.05, 0.1) is 11.0 Å². The molecule has 0 aromatic heterocycles. The molecule has 1 fully saturated rings. The maximum Gasteiger partial charge on any atom is 0.257 e. The van der Waals surface area contributed by atoms with E-state index < -0.39 is 10.0 Å². The van der Waals surface area contributed by atoms with Crippen LogP contribution in [0.15, 0.2) is 35.2 Å². The predicted octanol–water partition coefficient (Wildman–Crippen LogP) is 0.523. The van der Waals surface area contributed by atoms with Gasteiger partial charge in [0, 0.05) is 13.2 Å². The van der Waals surface area contributed by atoms with Gasteiger partial charge in [-0.1, -0.05) is 18.2 Å². The predicted molar refractivity (Wildman–Crippen MR) is 79.5 cm³/mol. The number of rotatable bonds is 5. The van der Waals surface area contributed by atoms with Gasteiger partial charge in [-0.2, -0.15) is 0 Å². The van der Waals surface area contributed by atoms with Crippen LogP contribution in [0.2, 0.25) is 0 Å². The van der Waals surface area contributed by atoms with Crippen molar-refractivity contribution >= 4 is 27.4 Å². The second-order valence-electron chi connectivity index (χ2n) is 4.39. The molecule has 8 heteroatoms. The topological polar surface area (TPSA) is 79.5 Å². The van der Waals surface area contributed by atoms with Crippen LogP contribution < -0.4 is 15.6 Å². The van der Waals surface area contributed by atoms with Gasteiger partial charge in [0.1, 0.15) is 0 Å². The Kier molecular flexibility index (Phi) is 5.30. The highest BCUT2D eigenvalue weighted by Gasteiger charge is 2.16. The Morgan fingerprint density at radius 3 is 2.75 bits per heavy atom. The minimum absolute atomic E-state index is 0.139. The molecule has 3 N–H and O–H groups in total. The van der Waals surface area contributed by atoms with Crippen LogP contribution in [0, 0.1) is 0 Å². The summed E-state index contributed by atoms with van der Waals surface area (Å²) in [6, 6.07) is 8.07. The maximum absolute atomic E-state index is 11.9. The van der Waals surface area contributed by atoms with Crippen LogP contribution in [0.4, 0.5) is 0 Å². The van der Waals surface area contributed by atoms with Crippen LogP contribution in [-0.4, -0.2) is 32.8 Å². The van der Waals surface area contributed by atoms with Gasteiger partial charge in [-0.15, -0.1) is 4.83 Å². The Bertz CT molecular complexity index is 542. The highest BCUT2D eigenvalue weighted by Crippen LogP contribution is 2.10. The van der Waals surface area contributed by atoms with E-state index >= 15 is 0 Å². The van der Waals surface area contributed by atoms with E-state index in [1.807, 2.05) is 0 Å². The van der Waals surface area contributed by atoms with Gasteiger partial charge in [0.25, 0.3) is 10.0 Å². The van der Waals surface area contributed by atoms with Crippen LogP contribution in [0.3, 0.4) is 0 Å². The summed E-state index contributed by atoms with van der Waals surface area (Å²) in [4.78, 5) is 2.40. The molecule has 6 nitrogen and oxygen atoms in total. The van der Waals surface area contributed by atoms with Crippen LogP contribution in [-0.2, 0) is 14.8 Å². The lowest BCUT2D eigenvalue weighted by Gasteiger charge is -2.14. The van der Waals surface area contributed by atoms with E-state index in [0.29, 0.717) is 6.54 Å². The first kappa shape index (κ1) is 15.2. The van der Waals surface area contributed by atoms with Crippen molar-refractivity contribution in [2.24, 2.45) is 0 Å². The third kappa shape index (κ3) is 4.41. The highest BCUT2D eigenvalue weighted by molar-refractivity contribution is 7.89. The lowest BCUT2D eigenvalue weighted by atomic mass is 10.2. The molecular weight excluding hydrogens is 298 g/mol. The molecule has 0 bridgehead atoms. The van der Waals surface area contributed by atoms with Gasteiger partial charge in [-0.3, -0.25) is 5.43 Å². The van der Waals surface area contributed by atoms with E-state index in [-0.39, 0.29) is 16.1 Å². The van der Waals surface area contributed by atoms with Gasteiger partial charge < -0.3 is 10.1 Å². The molecule has 2 rings (SSSR count). The molecule has 1 aromatic rings. The average molecular weight is 315 g/mol. The van der Waals surface area contributed by atoms with Crippen molar-refractivity contribution < 1.29 is 13.2 Å². The van der Waals surface area contributed by atoms with Crippen LogP contribution in [0.1, 0.15) is 12.8 Å². The molecule has 0 radical (unpaired) electrons. The highest BCUT2D eigenvalue weighted by atomic mass is 32.2. The summed E-state index contributed by atoms with van der Waals surface area (Å²) < 4.78 is 29.3. The average Bonchev–Trinajstić information content (AvgIpc) is 2.97. The Labute approximate surface area is 123 Å². The lowest BCUT2D eigenvalue weighted by molar-refractivity contribution is 0.114. The Hall–Kier alpha value is -1.22. The molecule has 1 unspecified atom stereocenters. The summed E-state index contributed by atoms with van der Waals surface area (Å²) in [5.74, 6) is 0. The maximum atomic E-state index is 11.9. The van der Waals surface area contributed by atoms with E-state index in [9.17, 15) is 8.42 Å². The normalized spacial score (nSPS) is 18.7. The number of hydrazine groups is 1. The van der Waals surface area contributed by atoms with E-state index in [2.05, 4.69) is 15.6 Å². The third-order valence-corrected chi connectivity index (χ3v) is 4.38. The SMILES string of the molecule is O=S(=O)(NNC(=S)NCC1CCCO1)c1ccccc1. The summed E-state index contributed by atoms with van der Waals surface area (Å²) in [7, 11) is -3.61. The van der Waals surface area contributed by atoms with Gasteiger partial charge in [-0.05, 0) is 37.2 Å².